The number of fused-ring (bicyclic) bond motifs is 1. The fourth-order valence-corrected chi connectivity index (χ4v) is 3.02. The molecule has 21 heavy (non-hydrogen) atoms. The van der Waals surface area contributed by atoms with Gasteiger partial charge in [0.2, 0.25) is 5.95 Å². The number of nitrogens with one attached hydrogen (secondary N) is 3. The molecule has 0 radical (unpaired) electrons. The lowest BCUT2D eigenvalue weighted by molar-refractivity contribution is 0.896. The topological polar surface area (TPSA) is 78.5 Å². The highest BCUT2D eigenvalue weighted by molar-refractivity contribution is 7.12. The summed E-state index contributed by atoms with van der Waals surface area (Å²) in [6.07, 6.45) is 1.64. The lowest BCUT2D eigenvalue weighted by atomic mass is 10.2. The van der Waals surface area contributed by atoms with Crippen molar-refractivity contribution >= 4 is 34.3 Å². The van der Waals surface area contributed by atoms with Crippen molar-refractivity contribution in [1.29, 1.82) is 0 Å². The fraction of sp³-hybridized carbons (Fsp3) is 0.357. The van der Waals surface area contributed by atoms with Crippen molar-refractivity contribution in [2.45, 2.75) is 26.8 Å². The second-order valence-electron chi connectivity index (χ2n) is 4.84. The van der Waals surface area contributed by atoms with Gasteiger partial charge in [-0.2, -0.15) is 9.97 Å². The van der Waals surface area contributed by atoms with E-state index >= 15 is 0 Å². The lowest BCUT2D eigenvalue weighted by Crippen LogP contribution is -2.10. The molecule has 0 bridgehead atoms. The Hall–Kier alpha value is -2.15. The zero-order valence-electron chi connectivity index (χ0n) is 12.3. The lowest BCUT2D eigenvalue weighted by Gasteiger charge is -2.14. The van der Waals surface area contributed by atoms with Gasteiger partial charge in [-0.15, -0.1) is 11.3 Å². The average molecular weight is 302 g/mol. The molecule has 0 aliphatic carbocycles. The molecule has 0 aliphatic heterocycles. The largest absolute Gasteiger partial charge is 0.361 e. The first-order valence-corrected chi connectivity index (χ1v) is 7.77. The number of hydrogen-bond acceptors (Lipinski definition) is 6. The summed E-state index contributed by atoms with van der Waals surface area (Å²) in [5, 5.41) is 6.58. The normalized spacial score (nSPS) is 12.5. The van der Waals surface area contributed by atoms with Crippen molar-refractivity contribution in [2.24, 2.45) is 0 Å². The minimum Gasteiger partial charge on any atom is -0.361 e. The van der Waals surface area contributed by atoms with Crippen molar-refractivity contribution in [2.75, 3.05) is 17.2 Å². The molecule has 0 aliphatic rings. The molecule has 3 rings (SSSR count). The second-order valence-corrected chi connectivity index (χ2v) is 6.16. The number of aryl methyl sites for hydroxylation is 1. The average Bonchev–Trinajstić information content (AvgIpc) is 3.07. The van der Waals surface area contributed by atoms with Crippen LogP contribution in [0.2, 0.25) is 0 Å². The summed E-state index contributed by atoms with van der Waals surface area (Å²) in [5.74, 6) is 1.36. The maximum absolute atomic E-state index is 4.54. The van der Waals surface area contributed by atoms with E-state index in [1.54, 1.807) is 17.7 Å². The van der Waals surface area contributed by atoms with E-state index in [2.05, 4.69) is 56.5 Å². The van der Waals surface area contributed by atoms with Crippen molar-refractivity contribution in [3.8, 4) is 0 Å². The van der Waals surface area contributed by atoms with Crippen LogP contribution in [0.4, 0.5) is 11.8 Å². The smallest absolute Gasteiger partial charge is 0.226 e. The van der Waals surface area contributed by atoms with E-state index in [-0.39, 0.29) is 6.04 Å². The number of H-pyrrole nitrogens is 1. The van der Waals surface area contributed by atoms with Gasteiger partial charge in [0.15, 0.2) is 11.5 Å². The molecule has 0 spiro atoms. The molecular weight excluding hydrogens is 284 g/mol. The van der Waals surface area contributed by atoms with Crippen LogP contribution in [-0.4, -0.2) is 26.5 Å². The number of nitrogens with zero attached hydrogens (tertiary/aromatic N) is 3. The van der Waals surface area contributed by atoms with Crippen LogP contribution in [0.5, 0.6) is 0 Å². The summed E-state index contributed by atoms with van der Waals surface area (Å²) in [5.41, 5.74) is 1.50. The van der Waals surface area contributed by atoms with Gasteiger partial charge >= 0.3 is 0 Å². The molecule has 3 heterocycles. The van der Waals surface area contributed by atoms with Crippen LogP contribution in [-0.2, 0) is 0 Å². The first kappa shape index (κ1) is 13.8. The SMILES string of the molecule is CCNc1nc(NC(C)c2ccc(C)s2)c2[nH]cnc2n1. The molecule has 0 saturated carbocycles. The summed E-state index contributed by atoms with van der Waals surface area (Å²) in [6.45, 7) is 7.03. The maximum Gasteiger partial charge on any atom is 0.226 e. The molecule has 0 saturated heterocycles. The molecule has 3 N–H and O–H groups in total. The Kier molecular flexibility index (Phi) is 3.74. The molecule has 110 valence electrons. The molecule has 3 aromatic rings. The van der Waals surface area contributed by atoms with Crippen LogP contribution >= 0.6 is 11.3 Å². The zero-order chi connectivity index (χ0) is 14.8. The number of anilines is 2. The Bertz CT molecular complexity index is 747. The van der Waals surface area contributed by atoms with E-state index in [0.717, 1.165) is 17.9 Å². The van der Waals surface area contributed by atoms with Gasteiger partial charge in [-0.1, -0.05) is 0 Å². The standard InChI is InChI=1S/C14H18N6S/c1-4-15-14-19-12-11(16-7-17-12)13(20-14)18-9(3)10-6-5-8(2)21-10/h5-7,9H,4H2,1-3H3,(H3,15,16,17,18,19,20). The van der Waals surface area contributed by atoms with Gasteiger partial charge in [0.05, 0.1) is 12.4 Å². The predicted octanol–water partition coefficient (Wildman–Crippen LogP) is 3.33. The third-order valence-corrected chi connectivity index (χ3v) is 4.35. The van der Waals surface area contributed by atoms with Gasteiger partial charge in [0.1, 0.15) is 5.52 Å². The number of aromatic nitrogens is 4. The van der Waals surface area contributed by atoms with Crippen LogP contribution in [0, 0.1) is 6.92 Å². The summed E-state index contributed by atoms with van der Waals surface area (Å²) < 4.78 is 0. The minimum atomic E-state index is 0.180. The minimum absolute atomic E-state index is 0.180. The molecule has 6 nitrogen and oxygen atoms in total. The van der Waals surface area contributed by atoms with Gasteiger partial charge in [-0.25, -0.2) is 4.98 Å². The van der Waals surface area contributed by atoms with Gasteiger partial charge in [0, 0.05) is 16.3 Å². The molecule has 0 amide bonds. The molecule has 7 heteroatoms. The van der Waals surface area contributed by atoms with E-state index in [4.69, 9.17) is 0 Å². The van der Waals surface area contributed by atoms with Crippen LogP contribution in [0.15, 0.2) is 18.5 Å². The van der Waals surface area contributed by atoms with Crippen LogP contribution in [0.1, 0.15) is 29.6 Å². The van der Waals surface area contributed by atoms with Crippen molar-refractivity contribution in [3.05, 3.63) is 28.2 Å². The maximum atomic E-state index is 4.54. The summed E-state index contributed by atoms with van der Waals surface area (Å²) in [7, 11) is 0. The highest BCUT2D eigenvalue weighted by atomic mass is 32.1. The molecule has 0 aromatic carbocycles. The fourth-order valence-electron chi connectivity index (χ4n) is 2.14. The Morgan fingerprint density at radius 3 is 2.90 bits per heavy atom. The predicted molar refractivity (Wildman–Crippen MR) is 86.9 cm³/mol. The molecular formula is C14H18N6S. The van der Waals surface area contributed by atoms with E-state index in [1.165, 1.54) is 9.75 Å². The number of hydrogen-bond donors (Lipinski definition) is 3. The van der Waals surface area contributed by atoms with Gasteiger partial charge in [-0.3, -0.25) is 0 Å². The van der Waals surface area contributed by atoms with Crippen LogP contribution < -0.4 is 10.6 Å². The summed E-state index contributed by atoms with van der Waals surface area (Å²) in [4.78, 5) is 18.8. The molecule has 3 aromatic heterocycles. The number of thiophene rings is 1. The highest BCUT2D eigenvalue weighted by Crippen LogP contribution is 2.27. The third kappa shape index (κ3) is 2.82. The second kappa shape index (κ2) is 5.69. The first-order chi connectivity index (χ1) is 10.2. The Morgan fingerprint density at radius 1 is 1.33 bits per heavy atom. The van der Waals surface area contributed by atoms with Gasteiger partial charge < -0.3 is 15.6 Å². The number of imidazole rings is 1. The van der Waals surface area contributed by atoms with Gasteiger partial charge in [0.25, 0.3) is 0 Å². The van der Waals surface area contributed by atoms with Crippen molar-refractivity contribution < 1.29 is 0 Å². The van der Waals surface area contributed by atoms with E-state index in [0.29, 0.717) is 11.6 Å². The zero-order valence-corrected chi connectivity index (χ0v) is 13.1. The third-order valence-electron chi connectivity index (χ3n) is 3.16. The number of aromatic amines is 1. The van der Waals surface area contributed by atoms with Crippen LogP contribution in [0.25, 0.3) is 11.2 Å². The van der Waals surface area contributed by atoms with Crippen molar-refractivity contribution in [3.63, 3.8) is 0 Å². The molecule has 1 atom stereocenters. The van der Waals surface area contributed by atoms with E-state index in [1.807, 2.05) is 6.92 Å². The summed E-state index contributed by atoms with van der Waals surface area (Å²) in [6, 6.07) is 4.46. The summed E-state index contributed by atoms with van der Waals surface area (Å²) >= 11 is 1.79. The van der Waals surface area contributed by atoms with Crippen molar-refractivity contribution in [1.82, 2.24) is 19.9 Å². The Labute approximate surface area is 127 Å². The quantitative estimate of drug-likeness (QED) is 0.674. The number of rotatable bonds is 5. The van der Waals surface area contributed by atoms with E-state index in [9.17, 15) is 0 Å². The highest BCUT2D eigenvalue weighted by Gasteiger charge is 2.14. The van der Waals surface area contributed by atoms with Crippen LogP contribution in [0.3, 0.4) is 0 Å². The van der Waals surface area contributed by atoms with E-state index < -0.39 is 0 Å². The molecule has 0 fully saturated rings. The molecule has 1 unspecified atom stereocenters. The Morgan fingerprint density at radius 2 is 2.19 bits per heavy atom. The Balaban J connectivity index is 1.93. The first-order valence-electron chi connectivity index (χ1n) is 6.95. The monoisotopic (exact) mass is 302 g/mol. The van der Waals surface area contributed by atoms with Gasteiger partial charge in [-0.05, 0) is 32.9 Å².